The molecule has 0 aliphatic rings. The molecule has 0 unspecified atom stereocenters. The van der Waals surface area contributed by atoms with Crippen LogP contribution in [-0.2, 0) is 10.0 Å². The SMILES string of the molecule is Nc1ccc(Br)c(S(=O)(=O)Nc2ccc(I)cc2)c1. The lowest BCUT2D eigenvalue weighted by molar-refractivity contribution is 0.601. The molecular formula is C12H10BrIN2O2S. The molecule has 0 heterocycles. The second kappa shape index (κ2) is 5.68. The van der Waals surface area contributed by atoms with E-state index in [1.807, 2.05) is 12.1 Å². The largest absolute Gasteiger partial charge is 0.399 e. The van der Waals surface area contributed by atoms with Crippen molar-refractivity contribution in [3.05, 3.63) is 50.5 Å². The molecule has 0 bridgehead atoms. The highest BCUT2D eigenvalue weighted by molar-refractivity contribution is 14.1. The van der Waals surface area contributed by atoms with Crippen molar-refractivity contribution < 1.29 is 8.42 Å². The number of nitrogens with two attached hydrogens (primary N) is 1. The summed E-state index contributed by atoms with van der Waals surface area (Å²) in [5, 5.41) is 0. The third-order valence-electron chi connectivity index (χ3n) is 2.34. The number of benzene rings is 2. The van der Waals surface area contributed by atoms with E-state index in [0.29, 0.717) is 15.8 Å². The number of hydrogen-bond donors (Lipinski definition) is 2. The molecule has 0 saturated carbocycles. The smallest absolute Gasteiger partial charge is 0.263 e. The average molecular weight is 453 g/mol. The van der Waals surface area contributed by atoms with E-state index in [0.717, 1.165) is 3.57 Å². The Hall–Kier alpha value is -0.800. The molecule has 2 aromatic carbocycles. The maximum absolute atomic E-state index is 12.3. The maximum Gasteiger partial charge on any atom is 0.263 e. The first-order valence-corrected chi connectivity index (χ1v) is 8.57. The van der Waals surface area contributed by atoms with E-state index in [4.69, 9.17) is 5.73 Å². The van der Waals surface area contributed by atoms with Crippen LogP contribution in [0, 0.1) is 3.57 Å². The van der Waals surface area contributed by atoms with Crippen LogP contribution in [0.25, 0.3) is 0 Å². The zero-order valence-corrected chi connectivity index (χ0v) is 14.2. The average Bonchev–Trinajstić information content (AvgIpc) is 2.35. The van der Waals surface area contributed by atoms with Gasteiger partial charge in [-0.15, -0.1) is 0 Å². The first-order valence-electron chi connectivity index (χ1n) is 5.22. The minimum atomic E-state index is -3.66. The molecule has 0 aromatic heterocycles. The Morgan fingerprint density at radius 3 is 2.37 bits per heavy atom. The Labute approximate surface area is 133 Å². The Balaban J connectivity index is 2.37. The zero-order chi connectivity index (χ0) is 14.0. The first-order chi connectivity index (χ1) is 8.88. The van der Waals surface area contributed by atoms with Gasteiger partial charge in [0.25, 0.3) is 10.0 Å². The summed E-state index contributed by atoms with van der Waals surface area (Å²) >= 11 is 5.37. The molecular weight excluding hydrogens is 443 g/mol. The van der Waals surface area contributed by atoms with Crippen LogP contribution in [0.4, 0.5) is 11.4 Å². The predicted octanol–water partition coefficient (Wildman–Crippen LogP) is 3.44. The summed E-state index contributed by atoms with van der Waals surface area (Å²) in [6.45, 7) is 0. The molecule has 0 atom stereocenters. The minimum Gasteiger partial charge on any atom is -0.399 e. The molecule has 0 spiro atoms. The third-order valence-corrected chi connectivity index (χ3v) is 5.44. The lowest BCUT2D eigenvalue weighted by Crippen LogP contribution is -2.13. The highest BCUT2D eigenvalue weighted by atomic mass is 127. The Morgan fingerprint density at radius 1 is 1.11 bits per heavy atom. The number of hydrogen-bond acceptors (Lipinski definition) is 3. The number of anilines is 2. The van der Waals surface area contributed by atoms with E-state index in [9.17, 15) is 8.42 Å². The summed E-state index contributed by atoms with van der Waals surface area (Å²) in [6, 6.07) is 11.7. The quantitative estimate of drug-likeness (QED) is 0.553. The van der Waals surface area contributed by atoms with Gasteiger partial charge in [-0.1, -0.05) is 0 Å². The van der Waals surface area contributed by atoms with Gasteiger partial charge in [0.1, 0.15) is 4.90 Å². The van der Waals surface area contributed by atoms with Gasteiger partial charge >= 0.3 is 0 Å². The summed E-state index contributed by atoms with van der Waals surface area (Å²) in [6.07, 6.45) is 0. The van der Waals surface area contributed by atoms with Gasteiger partial charge in [-0.05, 0) is 81.0 Å². The van der Waals surface area contributed by atoms with E-state index < -0.39 is 10.0 Å². The van der Waals surface area contributed by atoms with Crippen molar-refractivity contribution in [1.82, 2.24) is 0 Å². The topological polar surface area (TPSA) is 72.2 Å². The van der Waals surface area contributed by atoms with Crippen molar-refractivity contribution in [3.8, 4) is 0 Å². The van der Waals surface area contributed by atoms with E-state index in [-0.39, 0.29) is 4.90 Å². The van der Waals surface area contributed by atoms with Crippen molar-refractivity contribution in [3.63, 3.8) is 0 Å². The van der Waals surface area contributed by atoms with Gasteiger partial charge in [-0.3, -0.25) is 4.72 Å². The third kappa shape index (κ3) is 3.61. The van der Waals surface area contributed by atoms with Gasteiger partial charge in [0.2, 0.25) is 0 Å². The summed E-state index contributed by atoms with van der Waals surface area (Å²) in [4.78, 5) is 0.117. The molecule has 2 rings (SSSR count). The fraction of sp³-hybridized carbons (Fsp3) is 0. The van der Waals surface area contributed by atoms with Crippen LogP contribution < -0.4 is 10.5 Å². The van der Waals surface area contributed by atoms with Gasteiger partial charge in [0.15, 0.2) is 0 Å². The van der Waals surface area contributed by atoms with Crippen LogP contribution in [0.3, 0.4) is 0 Å². The molecule has 0 fully saturated rings. The van der Waals surface area contributed by atoms with Gasteiger partial charge in [0.05, 0.1) is 0 Å². The van der Waals surface area contributed by atoms with Crippen LogP contribution in [0.1, 0.15) is 0 Å². The van der Waals surface area contributed by atoms with Crippen molar-refractivity contribution in [2.45, 2.75) is 4.90 Å². The summed E-state index contributed by atoms with van der Waals surface area (Å²) in [5.41, 5.74) is 6.53. The van der Waals surface area contributed by atoms with E-state index >= 15 is 0 Å². The second-order valence-corrected chi connectivity index (χ2v) is 7.55. The number of nitrogens with one attached hydrogen (secondary N) is 1. The summed E-state index contributed by atoms with van der Waals surface area (Å²) in [5.74, 6) is 0. The minimum absolute atomic E-state index is 0.117. The molecule has 7 heteroatoms. The monoisotopic (exact) mass is 452 g/mol. The Morgan fingerprint density at radius 2 is 1.74 bits per heavy atom. The fourth-order valence-corrected chi connectivity index (χ4v) is 3.87. The summed E-state index contributed by atoms with van der Waals surface area (Å²) < 4.78 is 28.5. The highest BCUT2D eigenvalue weighted by Gasteiger charge is 2.18. The lowest BCUT2D eigenvalue weighted by Gasteiger charge is -2.10. The summed E-state index contributed by atoms with van der Waals surface area (Å²) in [7, 11) is -3.66. The number of rotatable bonds is 3. The molecule has 3 N–H and O–H groups in total. The van der Waals surface area contributed by atoms with Gasteiger partial charge < -0.3 is 5.73 Å². The van der Waals surface area contributed by atoms with E-state index in [1.165, 1.54) is 6.07 Å². The second-order valence-electron chi connectivity index (χ2n) is 3.80. The Bertz CT molecular complexity index is 702. The number of nitrogen functional groups attached to an aromatic ring is 1. The molecule has 0 radical (unpaired) electrons. The predicted molar refractivity (Wildman–Crippen MR) is 88.5 cm³/mol. The van der Waals surface area contributed by atoms with Crippen molar-refractivity contribution in [2.75, 3.05) is 10.5 Å². The lowest BCUT2D eigenvalue weighted by atomic mass is 10.3. The van der Waals surface area contributed by atoms with Crippen molar-refractivity contribution >= 4 is 59.9 Å². The zero-order valence-electron chi connectivity index (χ0n) is 9.60. The first kappa shape index (κ1) is 14.6. The number of sulfonamides is 1. The maximum atomic E-state index is 12.3. The van der Waals surface area contributed by atoms with Gasteiger partial charge in [0, 0.05) is 19.4 Å². The van der Waals surface area contributed by atoms with Crippen LogP contribution in [0.15, 0.2) is 51.8 Å². The van der Waals surface area contributed by atoms with Crippen LogP contribution >= 0.6 is 38.5 Å². The molecule has 2 aromatic rings. The fourth-order valence-electron chi connectivity index (χ4n) is 1.45. The normalized spacial score (nSPS) is 11.3. The molecule has 19 heavy (non-hydrogen) atoms. The van der Waals surface area contributed by atoms with Gasteiger partial charge in [-0.25, -0.2) is 8.42 Å². The van der Waals surface area contributed by atoms with Crippen molar-refractivity contribution in [2.24, 2.45) is 0 Å². The van der Waals surface area contributed by atoms with Crippen LogP contribution in [-0.4, -0.2) is 8.42 Å². The molecule has 0 aliphatic carbocycles. The number of halogens is 2. The standard InChI is InChI=1S/C12H10BrIN2O2S/c13-11-6-3-9(15)7-12(11)19(17,18)16-10-4-1-8(14)2-5-10/h1-7,16H,15H2. The highest BCUT2D eigenvalue weighted by Crippen LogP contribution is 2.26. The van der Waals surface area contributed by atoms with Crippen LogP contribution in [0.2, 0.25) is 0 Å². The van der Waals surface area contributed by atoms with Gasteiger partial charge in [-0.2, -0.15) is 0 Å². The van der Waals surface area contributed by atoms with Crippen molar-refractivity contribution in [1.29, 1.82) is 0 Å². The molecule has 0 amide bonds. The molecule has 0 saturated heterocycles. The van der Waals surface area contributed by atoms with E-state index in [2.05, 4.69) is 43.2 Å². The van der Waals surface area contributed by atoms with Crippen LogP contribution in [0.5, 0.6) is 0 Å². The van der Waals surface area contributed by atoms with E-state index in [1.54, 1.807) is 24.3 Å². The molecule has 0 aliphatic heterocycles. The Kier molecular flexibility index (Phi) is 4.36. The molecule has 100 valence electrons. The molecule has 4 nitrogen and oxygen atoms in total.